The molecule has 0 aliphatic carbocycles. The lowest BCUT2D eigenvalue weighted by molar-refractivity contribution is -0.170. The number of benzene rings is 1. The average Bonchev–Trinajstić information content (AvgIpc) is 3.35. The van der Waals surface area contributed by atoms with Gasteiger partial charge < -0.3 is 4.57 Å². The van der Waals surface area contributed by atoms with E-state index in [9.17, 15) is 35.5 Å². The number of rotatable bonds is 6. The Labute approximate surface area is 196 Å². The van der Waals surface area contributed by atoms with E-state index < -0.39 is 48.3 Å². The van der Waals surface area contributed by atoms with E-state index in [0.29, 0.717) is 16.8 Å². The Morgan fingerprint density at radius 3 is 2.14 bits per heavy atom. The molecule has 0 spiro atoms. The van der Waals surface area contributed by atoms with Crippen LogP contribution in [0.3, 0.4) is 0 Å². The predicted molar refractivity (Wildman–Crippen MR) is 113 cm³/mol. The minimum absolute atomic E-state index is 0.0738. The van der Waals surface area contributed by atoms with Crippen molar-refractivity contribution in [1.29, 1.82) is 0 Å². The highest BCUT2D eigenvalue weighted by Crippen LogP contribution is 2.34. The topological polar surface area (TPSA) is 56.0 Å². The zero-order valence-electron chi connectivity index (χ0n) is 19.1. The number of carbonyl (C=O) groups excluding carboxylic acids is 1. The standard InChI is InChI=1S/C22H22F7N5O/c1-12(2)19-17(9-30-34(19)16-7-5-15(23)6-8-16)33(20(35)22(27,28)29)10-13(3)32-11-18(21(24,25)26)31-14(32)4/h5-9,11-13H,10H2,1-4H3/t13-/m0/s1. The second-order valence-corrected chi connectivity index (χ2v) is 8.30. The summed E-state index contributed by atoms with van der Waals surface area (Å²) in [6, 6.07) is 4.07. The van der Waals surface area contributed by atoms with E-state index in [2.05, 4.69) is 10.1 Å². The van der Waals surface area contributed by atoms with Crippen molar-refractivity contribution in [2.24, 2.45) is 0 Å². The summed E-state index contributed by atoms with van der Waals surface area (Å²) < 4.78 is 95.6. The van der Waals surface area contributed by atoms with Crippen LogP contribution in [-0.2, 0) is 11.0 Å². The molecule has 190 valence electrons. The van der Waals surface area contributed by atoms with Crippen LogP contribution in [0, 0.1) is 12.7 Å². The Balaban J connectivity index is 2.08. The van der Waals surface area contributed by atoms with Gasteiger partial charge in [-0.25, -0.2) is 14.1 Å². The molecule has 0 radical (unpaired) electrons. The minimum atomic E-state index is -5.26. The minimum Gasteiger partial charge on any atom is -0.330 e. The number of alkyl halides is 6. The molecule has 1 amide bonds. The maximum absolute atomic E-state index is 13.6. The monoisotopic (exact) mass is 505 g/mol. The summed E-state index contributed by atoms with van der Waals surface area (Å²) in [5.74, 6) is -3.22. The molecular formula is C22H22F7N5O. The van der Waals surface area contributed by atoms with E-state index >= 15 is 0 Å². The summed E-state index contributed by atoms with van der Waals surface area (Å²) >= 11 is 0. The van der Waals surface area contributed by atoms with Crippen LogP contribution in [0.25, 0.3) is 5.69 Å². The molecule has 2 aromatic heterocycles. The molecular weight excluding hydrogens is 483 g/mol. The molecule has 2 heterocycles. The Hall–Kier alpha value is -3.38. The summed E-state index contributed by atoms with van der Waals surface area (Å²) in [5.41, 5.74) is -0.760. The largest absolute Gasteiger partial charge is 0.471 e. The molecule has 0 saturated carbocycles. The molecule has 1 aromatic carbocycles. The fraction of sp³-hybridized carbons (Fsp3) is 0.409. The molecule has 6 nitrogen and oxygen atoms in total. The van der Waals surface area contributed by atoms with Gasteiger partial charge in [0.25, 0.3) is 0 Å². The molecule has 0 aliphatic heterocycles. The zero-order chi connectivity index (χ0) is 26.3. The molecule has 13 heteroatoms. The van der Waals surface area contributed by atoms with Crippen LogP contribution in [0.1, 0.15) is 49.9 Å². The Bertz CT molecular complexity index is 1190. The quantitative estimate of drug-likeness (QED) is 0.397. The van der Waals surface area contributed by atoms with E-state index in [-0.39, 0.29) is 17.2 Å². The fourth-order valence-corrected chi connectivity index (χ4v) is 3.75. The molecule has 1 atom stereocenters. The van der Waals surface area contributed by atoms with Crippen LogP contribution in [0.5, 0.6) is 0 Å². The maximum Gasteiger partial charge on any atom is 0.471 e. The maximum atomic E-state index is 13.6. The van der Waals surface area contributed by atoms with Crippen LogP contribution >= 0.6 is 0 Å². The lowest BCUT2D eigenvalue weighted by Gasteiger charge is -2.28. The van der Waals surface area contributed by atoms with Gasteiger partial charge in [-0.2, -0.15) is 31.4 Å². The number of anilines is 1. The SMILES string of the molecule is Cc1nc(C(F)(F)F)cn1[C@@H](C)CN(C(=O)C(F)(F)F)c1cnn(-c2ccc(F)cc2)c1C(C)C. The highest BCUT2D eigenvalue weighted by molar-refractivity contribution is 5.98. The first-order chi connectivity index (χ1) is 16.1. The van der Waals surface area contributed by atoms with Crippen LogP contribution in [-0.4, -0.2) is 38.0 Å². The van der Waals surface area contributed by atoms with Crippen molar-refractivity contribution in [2.45, 2.75) is 52.0 Å². The lowest BCUT2D eigenvalue weighted by atomic mass is 10.1. The van der Waals surface area contributed by atoms with Crippen molar-refractivity contribution in [2.75, 3.05) is 11.4 Å². The second-order valence-electron chi connectivity index (χ2n) is 8.30. The third kappa shape index (κ3) is 5.49. The van der Waals surface area contributed by atoms with E-state index in [0.717, 1.165) is 22.9 Å². The first-order valence-electron chi connectivity index (χ1n) is 10.5. The van der Waals surface area contributed by atoms with Gasteiger partial charge in [-0.3, -0.25) is 9.69 Å². The number of amides is 1. The van der Waals surface area contributed by atoms with Gasteiger partial charge >= 0.3 is 18.3 Å². The van der Waals surface area contributed by atoms with Crippen molar-refractivity contribution in [3.8, 4) is 5.69 Å². The van der Waals surface area contributed by atoms with Crippen LogP contribution < -0.4 is 4.90 Å². The van der Waals surface area contributed by atoms with Crippen LogP contribution in [0.2, 0.25) is 0 Å². The van der Waals surface area contributed by atoms with Crippen LogP contribution in [0.4, 0.5) is 36.4 Å². The molecule has 0 bridgehead atoms. The smallest absolute Gasteiger partial charge is 0.330 e. The van der Waals surface area contributed by atoms with Gasteiger partial charge in [0.15, 0.2) is 5.69 Å². The summed E-state index contributed by atoms with van der Waals surface area (Å²) in [5, 5.41) is 4.12. The molecule has 0 N–H and O–H groups in total. The summed E-state index contributed by atoms with van der Waals surface area (Å²) in [7, 11) is 0. The van der Waals surface area contributed by atoms with Crippen molar-refractivity contribution >= 4 is 11.6 Å². The number of aromatic nitrogens is 4. The van der Waals surface area contributed by atoms with Crippen molar-refractivity contribution in [1.82, 2.24) is 19.3 Å². The van der Waals surface area contributed by atoms with Crippen molar-refractivity contribution in [3.05, 3.63) is 59.7 Å². The third-order valence-electron chi connectivity index (χ3n) is 5.31. The molecule has 0 aliphatic rings. The number of nitrogens with zero attached hydrogens (tertiary/aromatic N) is 5. The van der Waals surface area contributed by atoms with E-state index in [1.54, 1.807) is 13.8 Å². The number of carbonyl (C=O) groups is 1. The molecule has 0 saturated heterocycles. The molecule has 3 aromatic rings. The van der Waals surface area contributed by atoms with E-state index in [4.69, 9.17) is 0 Å². The first-order valence-corrected chi connectivity index (χ1v) is 10.5. The van der Waals surface area contributed by atoms with Gasteiger partial charge in [0.05, 0.1) is 29.3 Å². The predicted octanol–water partition coefficient (Wildman–Crippen LogP) is 5.82. The summed E-state index contributed by atoms with van der Waals surface area (Å²) in [4.78, 5) is 16.4. The fourth-order valence-electron chi connectivity index (χ4n) is 3.75. The van der Waals surface area contributed by atoms with Crippen molar-refractivity contribution < 1.29 is 35.5 Å². The zero-order valence-corrected chi connectivity index (χ0v) is 19.1. The van der Waals surface area contributed by atoms with Crippen molar-refractivity contribution in [3.63, 3.8) is 0 Å². The molecule has 0 unspecified atom stereocenters. The normalized spacial score (nSPS) is 13.4. The van der Waals surface area contributed by atoms with E-state index in [1.807, 2.05) is 0 Å². The lowest BCUT2D eigenvalue weighted by Crippen LogP contribution is -2.44. The molecule has 3 rings (SSSR count). The Morgan fingerprint density at radius 2 is 1.66 bits per heavy atom. The van der Waals surface area contributed by atoms with Gasteiger partial charge in [0.2, 0.25) is 0 Å². The number of imidazole rings is 1. The Morgan fingerprint density at radius 1 is 1.06 bits per heavy atom. The Kier molecular flexibility index (Phi) is 7.00. The summed E-state index contributed by atoms with van der Waals surface area (Å²) in [6.45, 7) is 5.41. The van der Waals surface area contributed by atoms with Gasteiger partial charge in [0.1, 0.15) is 11.6 Å². The van der Waals surface area contributed by atoms with E-state index in [1.165, 1.54) is 30.7 Å². The average molecular weight is 505 g/mol. The highest BCUT2D eigenvalue weighted by Gasteiger charge is 2.45. The van der Waals surface area contributed by atoms with Gasteiger partial charge in [-0.05, 0) is 44.0 Å². The molecule has 35 heavy (non-hydrogen) atoms. The number of hydrogen-bond donors (Lipinski definition) is 0. The second kappa shape index (κ2) is 9.34. The summed E-state index contributed by atoms with van der Waals surface area (Å²) in [6.07, 6.45) is -8.22. The van der Waals surface area contributed by atoms with Gasteiger partial charge in [-0.1, -0.05) is 13.8 Å². The number of halogens is 7. The van der Waals surface area contributed by atoms with Crippen LogP contribution in [0.15, 0.2) is 36.7 Å². The molecule has 0 fully saturated rings. The highest BCUT2D eigenvalue weighted by atomic mass is 19.4. The first kappa shape index (κ1) is 26.2. The van der Waals surface area contributed by atoms with Gasteiger partial charge in [0, 0.05) is 12.7 Å². The third-order valence-corrected chi connectivity index (χ3v) is 5.31. The van der Waals surface area contributed by atoms with Gasteiger partial charge in [-0.15, -0.1) is 0 Å². The number of hydrogen-bond acceptors (Lipinski definition) is 3. The number of aryl methyl sites for hydroxylation is 1.